The van der Waals surface area contributed by atoms with Crippen molar-refractivity contribution in [2.75, 3.05) is 0 Å². The van der Waals surface area contributed by atoms with Crippen LogP contribution in [0.25, 0.3) is 0 Å². The summed E-state index contributed by atoms with van der Waals surface area (Å²) in [5, 5.41) is 11.6. The molecule has 0 spiro atoms. The predicted octanol–water partition coefficient (Wildman–Crippen LogP) is 5.10. The molecule has 11 heteroatoms. The Morgan fingerprint density at radius 2 is 1.38 bits per heavy atom. The van der Waals surface area contributed by atoms with Gasteiger partial charge in [-0.05, 0) is 49.5 Å². The number of hydrogen-bond acceptors (Lipinski definition) is 11. The van der Waals surface area contributed by atoms with Gasteiger partial charge in [0.05, 0.1) is 5.92 Å². The molecule has 0 aromatic heterocycles. The van der Waals surface area contributed by atoms with Gasteiger partial charge in [0.1, 0.15) is 30.5 Å². The van der Waals surface area contributed by atoms with Crippen LogP contribution in [0, 0.1) is 40.4 Å². The van der Waals surface area contributed by atoms with Crippen molar-refractivity contribution < 1.29 is 52.8 Å². The summed E-state index contributed by atoms with van der Waals surface area (Å²) in [7, 11) is 0. The SMILES string of the molecule is CCCC(=O)OC1C(OC(C)=O)C(O)C(C)=CC2C3C(C(C)C)C(OC(=O)C(C)C)C(OC(C)=O)C3(C)C(OC(=O)CCC)CC21C. The number of carbonyl (C=O) groups is 5. The van der Waals surface area contributed by atoms with E-state index in [1.54, 1.807) is 20.8 Å². The van der Waals surface area contributed by atoms with Gasteiger partial charge in [-0.25, -0.2) is 0 Å². The van der Waals surface area contributed by atoms with Crippen LogP contribution in [0.5, 0.6) is 0 Å². The van der Waals surface area contributed by atoms with Gasteiger partial charge in [-0.3, -0.25) is 24.0 Å². The van der Waals surface area contributed by atoms with Crippen LogP contribution < -0.4 is 0 Å². The van der Waals surface area contributed by atoms with E-state index in [2.05, 4.69) is 0 Å². The van der Waals surface area contributed by atoms with Crippen molar-refractivity contribution in [2.45, 2.75) is 145 Å². The summed E-state index contributed by atoms with van der Waals surface area (Å²) in [5.41, 5.74) is -1.62. The lowest BCUT2D eigenvalue weighted by Gasteiger charge is -2.58. The molecule has 47 heavy (non-hydrogen) atoms. The van der Waals surface area contributed by atoms with Gasteiger partial charge in [0.15, 0.2) is 6.10 Å². The summed E-state index contributed by atoms with van der Waals surface area (Å²) >= 11 is 0. The number of aliphatic hydroxyl groups excluding tert-OH is 1. The number of hydrogen-bond donors (Lipinski definition) is 1. The number of carbonyl (C=O) groups excluding carboxylic acids is 5. The Labute approximate surface area is 279 Å². The molecule has 0 bridgehead atoms. The lowest BCUT2D eigenvalue weighted by Crippen LogP contribution is -2.63. The van der Waals surface area contributed by atoms with Crippen molar-refractivity contribution in [1.29, 1.82) is 0 Å². The van der Waals surface area contributed by atoms with Crippen LogP contribution in [0.3, 0.4) is 0 Å². The van der Waals surface area contributed by atoms with Crippen LogP contribution in [0.2, 0.25) is 0 Å². The molecule has 0 saturated heterocycles. The molecule has 266 valence electrons. The third kappa shape index (κ3) is 7.55. The van der Waals surface area contributed by atoms with Gasteiger partial charge in [0, 0.05) is 43.4 Å². The lowest BCUT2D eigenvalue weighted by molar-refractivity contribution is -0.226. The number of ether oxygens (including phenoxy) is 5. The first-order valence-corrected chi connectivity index (χ1v) is 17.1. The first kappa shape index (κ1) is 38.5. The molecular weight excluding hydrogens is 608 g/mol. The maximum atomic E-state index is 13.3. The predicted molar refractivity (Wildman–Crippen MR) is 171 cm³/mol. The second-order valence-corrected chi connectivity index (χ2v) is 14.9. The van der Waals surface area contributed by atoms with E-state index in [1.807, 2.05) is 47.6 Å². The van der Waals surface area contributed by atoms with Crippen LogP contribution in [0.15, 0.2) is 11.6 Å². The first-order valence-electron chi connectivity index (χ1n) is 17.1. The molecule has 11 atom stereocenters. The smallest absolute Gasteiger partial charge is 0.308 e. The van der Waals surface area contributed by atoms with Gasteiger partial charge < -0.3 is 28.8 Å². The minimum atomic E-state index is -1.30. The highest BCUT2D eigenvalue weighted by Crippen LogP contribution is 2.67. The normalized spacial score (nSPS) is 36.4. The fourth-order valence-corrected chi connectivity index (χ4v) is 8.43. The Morgan fingerprint density at radius 1 is 0.830 bits per heavy atom. The van der Waals surface area contributed by atoms with Gasteiger partial charge in [0.2, 0.25) is 0 Å². The number of rotatable bonds is 11. The summed E-state index contributed by atoms with van der Waals surface area (Å²) in [6.45, 7) is 19.3. The lowest BCUT2D eigenvalue weighted by atomic mass is 9.49. The molecular formula is C36H56O11. The topological polar surface area (TPSA) is 152 Å². The van der Waals surface area contributed by atoms with Crippen molar-refractivity contribution in [3.05, 3.63) is 11.6 Å². The number of allylic oxidation sites excluding steroid dienone is 1. The third-order valence-corrected chi connectivity index (χ3v) is 10.6. The van der Waals surface area contributed by atoms with E-state index in [-0.39, 0.29) is 25.2 Å². The van der Waals surface area contributed by atoms with Crippen molar-refractivity contribution >= 4 is 29.8 Å². The summed E-state index contributed by atoms with van der Waals surface area (Å²) < 4.78 is 30.6. The van der Waals surface area contributed by atoms with E-state index < -0.39 is 101 Å². The van der Waals surface area contributed by atoms with Crippen LogP contribution in [-0.2, 0) is 47.7 Å². The molecule has 0 radical (unpaired) electrons. The Hall–Kier alpha value is -2.95. The van der Waals surface area contributed by atoms with Crippen LogP contribution >= 0.6 is 0 Å². The second kappa shape index (κ2) is 15.1. The number of fused-ring (bicyclic) bond motifs is 3. The van der Waals surface area contributed by atoms with Crippen LogP contribution in [0.4, 0.5) is 0 Å². The average Bonchev–Trinajstić information content (AvgIpc) is 3.16. The summed E-state index contributed by atoms with van der Waals surface area (Å²) in [6, 6.07) is 0. The van der Waals surface area contributed by atoms with Crippen LogP contribution in [-0.4, -0.2) is 71.6 Å². The average molecular weight is 665 g/mol. The van der Waals surface area contributed by atoms with E-state index >= 15 is 0 Å². The Bertz CT molecular complexity index is 1220. The minimum Gasteiger partial charge on any atom is -0.462 e. The van der Waals surface area contributed by atoms with Gasteiger partial charge in [0.25, 0.3) is 0 Å². The molecule has 1 N–H and O–H groups in total. The molecule has 3 aliphatic carbocycles. The molecule has 0 amide bonds. The molecule has 0 aromatic rings. The van der Waals surface area contributed by atoms with Gasteiger partial charge in [-0.2, -0.15) is 0 Å². The van der Waals surface area contributed by atoms with E-state index in [1.165, 1.54) is 13.8 Å². The largest absolute Gasteiger partial charge is 0.462 e. The highest BCUT2D eigenvalue weighted by molar-refractivity contribution is 5.72. The van der Waals surface area contributed by atoms with Crippen LogP contribution in [0.1, 0.15) is 108 Å². The molecule has 3 rings (SSSR count). The summed E-state index contributed by atoms with van der Waals surface area (Å²) in [5.74, 6) is -4.58. The maximum Gasteiger partial charge on any atom is 0.308 e. The molecule has 0 heterocycles. The van der Waals surface area contributed by atoms with Crippen molar-refractivity contribution in [1.82, 2.24) is 0 Å². The van der Waals surface area contributed by atoms with E-state index in [0.717, 1.165) is 0 Å². The first-order chi connectivity index (χ1) is 21.8. The van der Waals surface area contributed by atoms with E-state index in [9.17, 15) is 29.1 Å². The molecule has 2 fully saturated rings. The summed E-state index contributed by atoms with van der Waals surface area (Å²) in [4.78, 5) is 64.9. The summed E-state index contributed by atoms with van der Waals surface area (Å²) in [6.07, 6.45) is -3.05. The van der Waals surface area contributed by atoms with Gasteiger partial charge in [-0.15, -0.1) is 0 Å². The van der Waals surface area contributed by atoms with Crippen molar-refractivity contribution in [3.63, 3.8) is 0 Å². The van der Waals surface area contributed by atoms with Gasteiger partial charge >= 0.3 is 29.8 Å². The zero-order chi connectivity index (χ0) is 35.6. The molecule has 11 nitrogen and oxygen atoms in total. The molecule has 11 unspecified atom stereocenters. The second-order valence-electron chi connectivity index (χ2n) is 14.9. The fraction of sp³-hybridized carbons (Fsp3) is 0.806. The number of aliphatic hydroxyl groups is 1. The zero-order valence-corrected chi connectivity index (χ0v) is 30.0. The molecule has 3 aliphatic rings. The molecule has 0 aromatic carbocycles. The third-order valence-electron chi connectivity index (χ3n) is 10.6. The molecule has 0 aliphatic heterocycles. The fourth-order valence-electron chi connectivity index (χ4n) is 8.43. The monoisotopic (exact) mass is 664 g/mol. The Balaban J connectivity index is 2.41. The maximum absolute atomic E-state index is 13.3. The Kier molecular flexibility index (Phi) is 12.4. The standard InChI is InChI=1S/C36H56O11/c1-12-14-25(39)45-24-17-35(10)23(16-20(7)29(41)31(43-21(8)37)32(35)46-26(40)15-13-2)28-27(18(3)4)30(47-34(42)19(5)6)33(36(24,28)11)44-22(9)38/h16,18-19,23-24,27-33,41H,12-15,17H2,1-11H3. The van der Waals surface area contributed by atoms with Crippen molar-refractivity contribution in [3.8, 4) is 0 Å². The Morgan fingerprint density at radius 3 is 1.87 bits per heavy atom. The van der Waals surface area contributed by atoms with Crippen molar-refractivity contribution in [2.24, 2.45) is 40.4 Å². The number of esters is 5. The minimum absolute atomic E-state index is 0.110. The van der Waals surface area contributed by atoms with E-state index in [0.29, 0.717) is 18.4 Å². The van der Waals surface area contributed by atoms with Gasteiger partial charge in [-0.1, -0.05) is 61.5 Å². The highest BCUT2D eigenvalue weighted by Gasteiger charge is 2.74. The zero-order valence-electron chi connectivity index (χ0n) is 30.0. The highest BCUT2D eigenvalue weighted by atomic mass is 16.6. The quantitative estimate of drug-likeness (QED) is 0.178. The molecule has 2 saturated carbocycles. The van der Waals surface area contributed by atoms with E-state index in [4.69, 9.17) is 23.7 Å².